The lowest BCUT2D eigenvalue weighted by Gasteiger charge is -2.34. The van der Waals surface area contributed by atoms with Gasteiger partial charge in [-0.25, -0.2) is 0 Å². The van der Waals surface area contributed by atoms with Crippen LogP contribution in [0, 0.1) is 11.8 Å². The lowest BCUT2D eigenvalue weighted by atomic mass is 9.83. The molecule has 2 fully saturated rings. The van der Waals surface area contributed by atoms with Crippen molar-refractivity contribution in [1.82, 2.24) is 0 Å². The quantitative estimate of drug-likeness (QED) is 0.504. The van der Waals surface area contributed by atoms with Crippen LogP contribution in [0.25, 0.3) is 0 Å². The van der Waals surface area contributed by atoms with Crippen LogP contribution in [0.4, 0.5) is 0 Å². The van der Waals surface area contributed by atoms with Gasteiger partial charge in [0.05, 0.1) is 12.5 Å². The number of hydrogen-bond donors (Lipinski definition) is 2. The Labute approximate surface area is 75.8 Å². The summed E-state index contributed by atoms with van der Waals surface area (Å²) in [5.74, 6) is 0.178. The van der Waals surface area contributed by atoms with Gasteiger partial charge in [0.1, 0.15) is 5.60 Å². The highest BCUT2D eigenvalue weighted by Crippen LogP contribution is 2.48. The molecule has 0 bridgehead atoms. The van der Waals surface area contributed by atoms with Crippen molar-refractivity contribution in [2.75, 3.05) is 6.61 Å². The van der Waals surface area contributed by atoms with Gasteiger partial charge >= 0.3 is 0 Å². The van der Waals surface area contributed by atoms with E-state index in [1.54, 1.807) is 6.08 Å². The van der Waals surface area contributed by atoms with E-state index in [4.69, 9.17) is 9.47 Å². The van der Waals surface area contributed by atoms with Crippen molar-refractivity contribution in [3.8, 4) is 0 Å². The number of aliphatic hydroxyl groups excluding tert-OH is 1. The van der Waals surface area contributed by atoms with Crippen LogP contribution < -0.4 is 0 Å². The lowest BCUT2D eigenvalue weighted by molar-refractivity contribution is -0.257. The lowest BCUT2D eigenvalue weighted by Crippen LogP contribution is -2.44. The number of aliphatic hydroxyl groups is 2. The molecule has 0 radical (unpaired) electrons. The molecular weight excluding hydrogens is 172 g/mol. The van der Waals surface area contributed by atoms with E-state index in [9.17, 15) is 10.2 Å². The summed E-state index contributed by atoms with van der Waals surface area (Å²) in [6, 6.07) is 0. The number of allylic oxidation sites excluding steroid dienone is 1. The summed E-state index contributed by atoms with van der Waals surface area (Å²) in [4.78, 5) is 0. The zero-order valence-corrected chi connectivity index (χ0v) is 7.09. The Morgan fingerprint density at radius 1 is 1.46 bits per heavy atom. The first-order chi connectivity index (χ1) is 6.19. The van der Waals surface area contributed by atoms with E-state index in [-0.39, 0.29) is 18.4 Å². The molecule has 0 saturated carbocycles. The number of hydrogen-bond acceptors (Lipinski definition) is 4. The van der Waals surface area contributed by atoms with Crippen molar-refractivity contribution in [2.24, 2.45) is 11.8 Å². The molecule has 4 nitrogen and oxygen atoms in total. The van der Waals surface area contributed by atoms with Gasteiger partial charge in [0, 0.05) is 6.42 Å². The molecule has 0 aromatic rings. The second-order valence-corrected chi connectivity index (χ2v) is 4.05. The topological polar surface area (TPSA) is 58.9 Å². The van der Waals surface area contributed by atoms with Crippen molar-refractivity contribution < 1.29 is 19.7 Å². The number of ether oxygens (including phenoxy) is 2. The molecule has 5 atom stereocenters. The molecule has 2 saturated heterocycles. The Morgan fingerprint density at radius 2 is 2.31 bits per heavy atom. The van der Waals surface area contributed by atoms with Crippen LogP contribution in [0.1, 0.15) is 6.42 Å². The van der Waals surface area contributed by atoms with Gasteiger partial charge in [-0.15, -0.1) is 0 Å². The minimum absolute atomic E-state index is 0.0177. The van der Waals surface area contributed by atoms with Crippen LogP contribution in [0.15, 0.2) is 12.2 Å². The van der Waals surface area contributed by atoms with Crippen molar-refractivity contribution in [1.29, 1.82) is 0 Å². The summed E-state index contributed by atoms with van der Waals surface area (Å²) in [6.45, 7) is 0.280. The molecule has 0 aromatic heterocycles. The average molecular weight is 184 g/mol. The molecule has 0 spiro atoms. The molecule has 2 N–H and O–H groups in total. The molecule has 0 aromatic carbocycles. The van der Waals surface area contributed by atoms with Crippen LogP contribution in [-0.2, 0) is 9.47 Å². The first-order valence-electron chi connectivity index (χ1n) is 4.56. The van der Waals surface area contributed by atoms with Crippen LogP contribution in [0.2, 0.25) is 0 Å². The normalized spacial score (nSPS) is 58.3. The van der Waals surface area contributed by atoms with Gasteiger partial charge in [-0.05, 0) is 5.92 Å². The summed E-state index contributed by atoms with van der Waals surface area (Å²) in [5, 5.41) is 19.4. The molecule has 4 heteroatoms. The van der Waals surface area contributed by atoms with Crippen LogP contribution in [-0.4, -0.2) is 35.0 Å². The average Bonchev–Trinajstić information content (AvgIpc) is 2.56. The van der Waals surface area contributed by atoms with Gasteiger partial charge in [0.25, 0.3) is 0 Å². The minimum atomic E-state index is -0.852. The molecule has 0 unspecified atom stereocenters. The molecule has 3 rings (SSSR count). The first kappa shape index (κ1) is 7.94. The van der Waals surface area contributed by atoms with Crippen molar-refractivity contribution in [3.05, 3.63) is 12.2 Å². The second kappa shape index (κ2) is 2.33. The third-order valence-electron chi connectivity index (χ3n) is 3.21. The molecular formula is C9H12O4. The van der Waals surface area contributed by atoms with Crippen LogP contribution >= 0.6 is 0 Å². The summed E-state index contributed by atoms with van der Waals surface area (Å²) in [5.41, 5.74) is -0.852. The zero-order chi connectivity index (χ0) is 9.05. The van der Waals surface area contributed by atoms with Crippen LogP contribution in [0.5, 0.6) is 0 Å². The summed E-state index contributed by atoms with van der Waals surface area (Å²) in [7, 11) is 0. The highest BCUT2D eigenvalue weighted by Gasteiger charge is 2.57. The zero-order valence-electron chi connectivity index (χ0n) is 7.09. The highest BCUT2D eigenvalue weighted by molar-refractivity contribution is 5.20. The van der Waals surface area contributed by atoms with Gasteiger partial charge in [-0.2, -0.15) is 0 Å². The fraction of sp³-hybridized carbons (Fsp3) is 0.778. The molecule has 1 aliphatic carbocycles. The fourth-order valence-corrected chi connectivity index (χ4v) is 2.59. The van der Waals surface area contributed by atoms with Gasteiger partial charge in [0.2, 0.25) is 0 Å². The Kier molecular flexibility index (Phi) is 1.42. The molecule has 2 aliphatic heterocycles. The van der Waals surface area contributed by atoms with Gasteiger partial charge in [-0.1, -0.05) is 12.2 Å². The SMILES string of the molecule is O[C@@H]1C[C@H]2C=C[C@@]3(O)CO[C@@H](O1)[C@@H]23. The molecule has 72 valence electrons. The van der Waals surface area contributed by atoms with Crippen molar-refractivity contribution >= 4 is 0 Å². The van der Waals surface area contributed by atoms with Gasteiger partial charge < -0.3 is 19.7 Å². The van der Waals surface area contributed by atoms with Gasteiger partial charge in [-0.3, -0.25) is 0 Å². The highest BCUT2D eigenvalue weighted by atomic mass is 16.7. The third-order valence-corrected chi connectivity index (χ3v) is 3.21. The van der Waals surface area contributed by atoms with E-state index >= 15 is 0 Å². The summed E-state index contributed by atoms with van der Waals surface area (Å²) >= 11 is 0. The van der Waals surface area contributed by atoms with E-state index in [2.05, 4.69) is 0 Å². The van der Waals surface area contributed by atoms with E-state index in [0.29, 0.717) is 6.42 Å². The summed E-state index contributed by atoms with van der Waals surface area (Å²) < 4.78 is 10.5. The smallest absolute Gasteiger partial charge is 0.167 e. The van der Waals surface area contributed by atoms with Crippen LogP contribution in [0.3, 0.4) is 0 Å². The Morgan fingerprint density at radius 3 is 3.15 bits per heavy atom. The fourth-order valence-electron chi connectivity index (χ4n) is 2.59. The Bertz CT molecular complexity index is 264. The Balaban J connectivity index is 1.95. The molecule has 2 heterocycles. The maximum atomic E-state index is 10.0. The predicted octanol–water partition coefficient (Wildman–Crippen LogP) is -0.385. The van der Waals surface area contributed by atoms with E-state index in [0.717, 1.165) is 0 Å². The second-order valence-electron chi connectivity index (χ2n) is 4.05. The maximum absolute atomic E-state index is 10.0. The predicted molar refractivity (Wildman–Crippen MR) is 42.5 cm³/mol. The molecule has 0 amide bonds. The maximum Gasteiger partial charge on any atom is 0.167 e. The number of rotatable bonds is 0. The Hall–Kier alpha value is -0.420. The largest absolute Gasteiger partial charge is 0.383 e. The standard InChI is InChI=1S/C9H12O4/c10-6-3-5-1-2-9(11)4-12-8(13-6)7(5)9/h1-2,5-8,10-11H,3-4H2/t5-,6+,7-,8+,9-/m1/s1. The first-order valence-corrected chi connectivity index (χ1v) is 4.56. The molecule has 3 aliphatic rings. The minimum Gasteiger partial charge on any atom is -0.383 e. The van der Waals surface area contributed by atoms with E-state index in [1.807, 2.05) is 6.08 Å². The van der Waals surface area contributed by atoms with Gasteiger partial charge in [0.15, 0.2) is 12.6 Å². The van der Waals surface area contributed by atoms with E-state index in [1.165, 1.54) is 0 Å². The van der Waals surface area contributed by atoms with E-state index < -0.39 is 18.2 Å². The molecule has 13 heavy (non-hydrogen) atoms. The van der Waals surface area contributed by atoms with Crippen molar-refractivity contribution in [2.45, 2.75) is 24.6 Å². The van der Waals surface area contributed by atoms with Crippen molar-refractivity contribution in [3.63, 3.8) is 0 Å². The summed E-state index contributed by atoms with van der Waals surface area (Å²) in [6.07, 6.45) is 3.11. The third kappa shape index (κ3) is 0.942. The monoisotopic (exact) mass is 184 g/mol.